The summed E-state index contributed by atoms with van der Waals surface area (Å²) in [7, 11) is 1.50. The van der Waals surface area contributed by atoms with Gasteiger partial charge in [-0.3, -0.25) is 4.79 Å². The first-order chi connectivity index (χ1) is 10.0. The summed E-state index contributed by atoms with van der Waals surface area (Å²) in [5.74, 6) is -0.553. The second-order valence-electron chi connectivity index (χ2n) is 4.21. The van der Waals surface area contributed by atoms with Crippen LogP contribution in [0.2, 0.25) is 0 Å². The van der Waals surface area contributed by atoms with Crippen molar-refractivity contribution in [3.05, 3.63) is 53.3 Å². The van der Waals surface area contributed by atoms with Gasteiger partial charge in [0.05, 0.1) is 18.2 Å². The van der Waals surface area contributed by atoms with Crippen LogP contribution >= 0.6 is 0 Å². The zero-order chi connectivity index (χ0) is 15.4. The van der Waals surface area contributed by atoms with E-state index in [4.69, 9.17) is 15.7 Å². The summed E-state index contributed by atoms with van der Waals surface area (Å²) in [6.45, 7) is 0. The van der Waals surface area contributed by atoms with Crippen molar-refractivity contribution in [1.82, 2.24) is 0 Å². The number of nitriles is 1. The molecule has 2 rings (SSSR count). The average molecular weight is 285 g/mol. The number of nitrogen functional groups attached to an aromatic ring is 1. The summed E-state index contributed by atoms with van der Waals surface area (Å²) in [5.41, 5.74) is 6.47. The first-order valence-corrected chi connectivity index (χ1v) is 5.99. The van der Waals surface area contributed by atoms with E-state index in [0.717, 1.165) is 6.07 Å². The molecule has 0 spiro atoms. The van der Waals surface area contributed by atoms with E-state index in [1.807, 2.05) is 0 Å². The number of nitrogens with zero attached hydrogens (tertiary/aromatic N) is 1. The summed E-state index contributed by atoms with van der Waals surface area (Å²) < 4.78 is 18.2. The fourth-order valence-corrected chi connectivity index (χ4v) is 1.76. The van der Waals surface area contributed by atoms with Crippen LogP contribution in [0, 0.1) is 17.1 Å². The van der Waals surface area contributed by atoms with Crippen LogP contribution in [0.3, 0.4) is 0 Å². The predicted octanol–water partition coefficient (Wildman–Crippen LogP) is 2.54. The number of carbonyl (C=O) groups is 1. The normalized spacial score (nSPS) is 9.76. The highest BCUT2D eigenvalue weighted by molar-refractivity contribution is 6.07. The van der Waals surface area contributed by atoms with Gasteiger partial charge in [0.15, 0.2) is 0 Å². The monoisotopic (exact) mass is 285 g/mol. The van der Waals surface area contributed by atoms with Crippen molar-refractivity contribution < 1.29 is 13.9 Å². The fraction of sp³-hybridized carbons (Fsp3) is 0.0667. The van der Waals surface area contributed by atoms with Crippen LogP contribution in [0.4, 0.5) is 15.8 Å². The van der Waals surface area contributed by atoms with Crippen molar-refractivity contribution in [3.63, 3.8) is 0 Å². The quantitative estimate of drug-likeness (QED) is 0.848. The Hall–Kier alpha value is -3.07. The molecular formula is C15H12FN3O2. The molecule has 2 aromatic rings. The van der Waals surface area contributed by atoms with Gasteiger partial charge in [-0.25, -0.2) is 4.39 Å². The highest BCUT2D eigenvalue weighted by Gasteiger charge is 2.12. The number of anilines is 2. The van der Waals surface area contributed by atoms with Gasteiger partial charge in [-0.2, -0.15) is 5.26 Å². The van der Waals surface area contributed by atoms with Gasteiger partial charge in [0, 0.05) is 17.4 Å². The van der Waals surface area contributed by atoms with Crippen LogP contribution in [0.15, 0.2) is 36.4 Å². The Bertz CT molecular complexity index is 738. The highest BCUT2D eigenvalue weighted by atomic mass is 19.1. The molecule has 2 aromatic carbocycles. The zero-order valence-corrected chi connectivity index (χ0v) is 11.2. The maximum absolute atomic E-state index is 13.2. The number of halogens is 1. The Morgan fingerprint density at radius 1 is 1.33 bits per heavy atom. The Morgan fingerprint density at radius 3 is 2.71 bits per heavy atom. The van der Waals surface area contributed by atoms with E-state index in [1.54, 1.807) is 12.1 Å². The van der Waals surface area contributed by atoms with Crippen molar-refractivity contribution in [1.29, 1.82) is 5.26 Å². The summed E-state index contributed by atoms with van der Waals surface area (Å²) in [5, 5.41) is 11.3. The number of nitrogens with one attached hydrogen (secondary N) is 1. The molecule has 1 amide bonds. The Labute approximate surface area is 120 Å². The van der Waals surface area contributed by atoms with Gasteiger partial charge in [-0.05, 0) is 30.3 Å². The van der Waals surface area contributed by atoms with Crippen molar-refractivity contribution in [2.24, 2.45) is 0 Å². The van der Waals surface area contributed by atoms with Crippen LogP contribution < -0.4 is 15.8 Å². The molecule has 0 saturated carbocycles. The lowest BCUT2D eigenvalue weighted by Crippen LogP contribution is -2.14. The van der Waals surface area contributed by atoms with Crippen LogP contribution in [0.1, 0.15) is 15.9 Å². The number of benzene rings is 2. The van der Waals surface area contributed by atoms with E-state index >= 15 is 0 Å². The number of hydrogen-bond acceptors (Lipinski definition) is 4. The van der Waals surface area contributed by atoms with E-state index < -0.39 is 11.7 Å². The molecule has 6 heteroatoms. The first kappa shape index (κ1) is 14.3. The Balaban J connectivity index is 2.24. The molecule has 21 heavy (non-hydrogen) atoms. The zero-order valence-electron chi connectivity index (χ0n) is 11.2. The molecule has 3 N–H and O–H groups in total. The lowest BCUT2D eigenvalue weighted by Gasteiger charge is -2.09. The third-order valence-electron chi connectivity index (χ3n) is 2.85. The van der Waals surface area contributed by atoms with E-state index in [9.17, 15) is 9.18 Å². The van der Waals surface area contributed by atoms with Gasteiger partial charge in [0.2, 0.25) is 0 Å². The number of nitrogens with two attached hydrogens (primary N) is 1. The number of rotatable bonds is 3. The molecule has 0 heterocycles. The molecule has 0 fully saturated rings. The van der Waals surface area contributed by atoms with Gasteiger partial charge < -0.3 is 15.8 Å². The third kappa shape index (κ3) is 3.09. The van der Waals surface area contributed by atoms with Crippen LogP contribution in [0.5, 0.6) is 5.75 Å². The molecular weight excluding hydrogens is 273 g/mol. The van der Waals surface area contributed by atoms with Gasteiger partial charge >= 0.3 is 0 Å². The largest absolute Gasteiger partial charge is 0.497 e. The smallest absolute Gasteiger partial charge is 0.257 e. The topological polar surface area (TPSA) is 88.1 Å². The van der Waals surface area contributed by atoms with Crippen molar-refractivity contribution in [2.75, 3.05) is 18.2 Å². The summed E-state index contributed by atoms with van der Waals surface area (Å²) in [6.07, 6.45) is 0. The van der Waals surface area contributed by atoms with E-state index in [-0.39, 0.29) is 16.8 Å². The predicted molar refractivity (Wildman–Crippen MR) is 76.5 cm³/mol. The number of hydrogen-bond donors (Lipinski definition) is 2. The molecule has 0 aliphatic rings. The van der Waals surface area contributed by atoms with Crippen molar-refractivity contribution in [3.8, 4) is 11.8 Å². The lowest BCUT2D eigenvalue weighted by atomic mass is 10.1. The number of ether oxygens (including phenoxy) is 1. The van der Waals surface area contributed by atoms with Crippen molar-refractivity contribution >= 4 is 17.3 Å². The van der Waals surface area contributed by atoms with Crippen molar-refractivity contribution in [2.45, 2.75) is 0 Å². The van der Waals surface area contributed by atoms with E-state index in [1.165, 1.54) is 31.4 Å². The second-order valence-corrected chi connectivity index (χ2v) is 4.21. The van der Waals surface area contributed by atoms with E-state index in [0.29, 0.717) is 11.4 Å². The minimum absolute atomic E-state index is 0.143. The van der Waals surface area contributed by atoms with Gasteiger partial charge in [-0.1, -0.05) is 0 Å². The molecule has 0 bridgehead atoms. The SMILES string of the molecule is COc1ccc(C(=O)Nc2ccc(F)c(C#N)c2)c(N)c1. The molecule has 106 valence electrons. The summed E-state index contributed by atoms with van der Waals surface area (Å²) >= 11 is 0. The van der Waals surface area contributed by atoms with E-state index in [2.05, 4.69) is 5.32 Å². The maximum atomic E-state index is 13.2. The molecule has 0 atom stereocenters. The molecule has 0 aliphatic carbocycles. The summed E-state index contributed by atoms with van der Waals surface area (Å²) in [4.78, 5) is 12.1. The third-order valence-corrected chi connectivity index (χ3v) is 2.85. The number of amides is 1. The standard InChI is InChI=1S/C15H12FN3O2/c1-21-11-3-4-12(14(18)7-11)15(20)19-10-2-5-13(16)9(6-10)8-17/h2-7H,18H2,1H3,(H,19,20). The molecule has 0 radical (unpaired) electrons. The number of carbonyl (C=O) groups excluding carboxylic acids is 1. The second kappa shape index (κ2) is 5.92. The van der Waals surface area contributed by atoms with Gasteiger partial charge in [-0.15, -0.1) is 0 Å². The molecule has 0 saturated heterocycles. The van der Waals surface area contributed by atoms with Crippen LogP contribution in [-0.4, -0.2) is 13.0 Å². The highest BCUT2D eigenvalue weighted by Crippen LogP contribution is 2.21. The average Bonchev–Trinajstić information content (AvgIpc) is 2.48. The molecule has 0 unspecified atom stereocenters. The van der Waals surface area contributed by atoms with Crippen LogP contribution in [-0.2, 0) is 0 Å². The van der Waals surface area contributed by atoms with Gasteiger partial charge in [0.25, 0.3) is 5.91 Å². The lowest BCUT2D eigenvalue weighted by molar-refractivity contribution is 0.102. The molecule has 0 aromatic heterocycles. The fourth-order valence-electron chi connectivity index (χ4n) is 1.76. The Kier molecular flexibility index (Phi) is 4.05. The minimum atomic E-state index is -0.639. The minimum Gasteiger partial charge on any atom is -0.497 e. The number of methoxy groups -OCH3 is 1. The first-order valence-electron chi connectivity index (χ1n) is 5.99. The molecule has 5 nitrogen and oxygen atoms in total. The summed E-state index contributed by atoms with van der Waals surface area (Å²) in [6, 6.07) is 10.1. The maximum Gasteiger partial charge on any atom is 0.257 e. The van der Waals surface area contributed by atoms with Crippen LogP contribution in [0.25, 0.3) is 0 Å². The molecule has 0 aliphatic heterocycles. The Morgan fingerprint density at radius 2 is 2.10 bits per heavy atom. The van der Waals surface area contributed by atoms with Gasteiger partial charge in [0.1, 0.15) is 17.6 Å².